The second kappa shape index (κ2) is 16.0. The molecule has 1 aliphatic rings. The number of carbonyl (C=O) groups excluding carboxylic acids is 3. The number of rotatable bonds is 13. The molecule has 1 aliphatic carbocycles. The van der Waals surface area contributed by atoms with Crippen LogP contribution in [-0.2, 0) is 30.2 Å². The lowest BCUT2D eigenvalue weighted by molar-refractivity contribution is -0.144. The molecule has 1 fully saturated rings. The summed E-state index contributed by atoms with van der Waals surface area (Å²) in [6.45, 7) is 9.15. The Kier molecular flexibility index (Phi) is 13.2. The fraction of sp³-hybridized carbons (Fsp3) is 0.655. The summed E-state index contributed by atoms with van der Waals surface area (Å²) in [5.41, 5.74) is 4.77. The van der Waals surface area contributed by atoms with Gasteiger partial charge in [-0.3, -0.25) is 4.79 Å². The van der Waals surface area contributed by atoms with Crippen LogP contribution in [0.15, 0.2) is 18.2 Å². The van der Waals surface area contributed by atoms with Crippen molar-refractivity contribution in [1.29, 1.82) is 0 Å². The molecule has 0 aromatic heterocycles. The Morgan fingerprint density at radius 1 is 0.878 bits per heavy atom. The maximum absolute atomic E-state index is 12.3. The van der Waals surface area contributed by atoms with Gasteiger partial charge in [-0.05, 0) is 62.1 Å². The number of hydrogen-bond acceptors (Lipinski definition) is 11. The van der Waals surface area contributed by atoms with E-state index in [0.717, 1.165) is 32.1 Å². The van der Waals surface area contributed by atoms with Gasteiger partial charge in [0.15, 0.2) is 11.5 Å². The Bertz CT molecular complexity index is 1040. The Balaban J connectivity index is 2.16. The first-order valence-corrected chi connectivity index (χ1v) is 14.0. The SMILES string of the molecule is CC(C)COC(=O)Oc1ccc(CC(N)(C[C@H](C)OC(=O)OC2CCCCC2)C(=O)O)cc1OC(=O)OCC(C)C. The van der Waals surface area contributed by atoms with Crippen molar-refractivity contribution < 1.29 is 52.7 Å². The molecular formula is C29H43NO11. The fourth-order valence-corrected chi connectivity index (χ4v) is 4.20. The monoisotopic (exact) mass is 581 g/mol. The second-order valence-corrected chi connectivity index (χ2v) is 11.3. The summed E-state index contributed by atoms with van der Waals surface area (Å²) in [5, 5.41) is 9.96. The molecule has 2 rings (SSSR count). The van der Waals surface area contributed by atoms with Crippen LogP contribution in [0, 0.1) is 11.8 Å². The largest absolute Gasteiger partial charge is 0.513 e. The van der Waals surface area contributed by atoms with Crippen LogP contribution in [0.1, 0.15) is 78.7 Å². The third kappa shape index (κ3) is 12.2. The molecule has 3 N–H and O–H groups in total. The minimum Gasteiger partial charge on any atom is -0.480 e. The molecule has 12 nitrogen and oxygen atoms in total. The van der Waals surface area contributed by atoms with Crippen LogP contribution in [0.5, 0.6) is 11.5 Å². The summed E-state index contributed by atoms with van der Waals surface area (Å²) in [5.74, 6) is -1.53. The molecule has 1 unspecified atom stereocenters. The summed E-state index contributed by atoms with van der Waals surface area (Å²) < 4.78 is 31.2. The maximum atomic E-state index is 12.3. The van der Waals surface area contributed by atoms with E-state index in [9.17, 15) is 24.3 Å². The fourth-order valence-electron chi connectivity index (χ4n) is 4.20. The average Bonchev–Trinajstić information content (AvgIpc) is 2.88. The van der Waals surface area contributed by atoms with Gasteiger partial charge in [0.1, 0.15) is 17.7 Å². The van der Waals surface area contributed by atoms with E-state index in [1.54, 1.807) is 0 Å². The molecule has 1 aromatic rings. The lowest BCUT2D eigenvalue weighted by Gasteiger charge is -2.28. The second-order valence-electron chi connectivity index (χ2n) is 11.3. The first-order valence-electron chi connectivity index (χ1n) is 14.0. The van der Waals surface area contributed by atoms with Gasteiger partial charge in [-0.15, -0.1) is 0 Å². The Morgan fingerprint density at radius 2 is 1.44 bits per heavy atom. The summed E-state index contributed by atoms with van der Waals surface area (Å²) >= 11 is 0. The molecule has 0 aliphatic heterocycles. The van der Waals surface area contributed by atoms with Crippen molar-refractivity contribution in [3.63, 3.8) is 0 Å². The van der Waals surface area contributed by atoms with Crippen LogP contribution in [0.4, 0.5) is 14.4 Å². The highest BCUT2D eigenvalue weighted by Gasteiger charge is 2.37. The predicted octanol–water partition coefficient (Wildman–Crippen LogP) is 5.62. The van der Waals surface area contributed by atoms with E-state index in [4.69, 9.17) is 34.2 Å². The van der Waals surface area contributed by atoms with E-state index < -0.39 is 36.1 Å². The molecule has 12 heteroatoms. The van der Waals surface area contributed by atoms with Crippen molar-refractivity contribution in [2.45, 2.75) is 97.3 Å². The molecule has 0 amide bonds. The molecular weight excluding hydrogens is 538 g/mol. The van der Waals surface area contributed by atoms with Crippen LogP contribution in [0.25, 0.3) is 0 Å². The first kappa shape index (κ1) is 33.7. The smallest absolute Gasteiger partial charge is 0.480 e. The number of carboxylic acids is 1. The molecule has 0 radical (unpaired) electrons. The van der Waals surface area contributed by atoms with Crippen LogP contribution in [-0.4, -0.2) is 60.5 Å². The normalized spacial score (nSPS) is 15.9. The van der Waals surface area contributed by atoms with Crippen molar-refractivity contribution >= 4 is 24.4 Å². The standard InChI is InChI=1S/C29H43NO11/c1-18(2)16-36-26(33)40-23-12-11-21(13-24(23)41-27(34)37-17-19(3)4)15-29(30,25(31)32)14-20(5)38-28(35)39-22-9-7-6-8-10-22/h11-13,18-20,22H,6-10,14-17,30H2,1-5H3,(H,31,32)/t20-,29?/m0/s1. The maximum Gasteiger partial charge on any atom is 0.513 e. The minimum atomic E-state index is -1.86. The van der Waals surface area contributed by atoms with Gasteiger partial charge in [0.25, 0.3) is 0 Å². The van der Waals surface area contributed by atoms with Crippen molar-refractivity contribution in [1.82, 2.24) is 0 Å². The van der Waals surface area contributed by atoms with Crippen molar-refractivity contribution in [2.75, 3.05) is 13.2 Å². The van der Waals surface area contributed by atoms with Crippen LogP contribution >= 0.6 is 0 Å². The molecule has 1 saturated carbocycles. The van der Waals surface area contributed by atoms with Crippen LogP contribution in [0.3, 0.4) is 0 Å². The van der Waals surface area contributed by atoms with E-state index in [2.05, 4.69) is 0 Å². The van der Waals surface area contributed by atoms with Crippen molar-refractivity contribution in [3.8, 4) is 11.5 Å². The zero-order valence-corrected chi connectivity index (χ0v) is 24.5. The molecule has 2 atom stereocenters. The molecule has 0 spiro atoms. The summed E-state index contributed by atoms with van der Waals surface area (Å²) in [6.07, 6.45) is 0.145. The number of aliphatic carboxylic acids is 1. The molecule has 41 heavy (non-hydrogen) atoms. The quantitative estimate of drug-likeness (QED) is 0.168. The number of carboxylic acid groups (broad SMARTS) is 1. The van der Waals surface area contributed by atoms with E-state index in [1.165, 1.54) is 25.1 Å². The zero-order valence-electron chi connectivity index (χ0n) is 24.5. The summed E-state index contributed by atoms with van der Waals surface area (Å²) in [6, 6.07) is 4.14. The van der Waals surface area contributed by atoms with E-state index >= 15 is 0 Å². The molecule has 0 bridgehead atoms. The van der Waals surface area contributed by atoms with E-state index in [1.807, 2.05) is 27.7 Å². The lowest BCUT2D eigenvalue weighted by atomic mass is 9.86. The Morgan fingerprint density at radius 3 is 1.98 bits per heavy atom. The average molecular weight is 582 g/mol. The topological polar surface area (TPSA) is 170 Å². The van der Waals surface area contributed by atoms with Gasteiger partial charge in [-0.25, -0.2) is 14.4 Å². The van der Waals surface area contributed by atoms with Crippen LogP contribution in [0.2, 0.25) is 0 Å². The third-order valence-corrected chi connectivity index (χ3v) is 6.17. The Labute approximate surface area is 240 Å². The van der Waals surface area contributed by atoms with Gasteiger partial charge < -0.3 is 39.3 Å². The Hall–Kier alpha value is -3.54. The number of carbonyl (C=O) groups is 4. The third-order valence-electron chi connectivity index (χ3n) is 6.17. The summed E-state index contributed by atoms with van der Waals surface area (Å²) in [4.78, 5) is 48.9. The lowest BCUT2D eigenvalue weighted by Crippen LogP contribution is -2.52. The van der Waals surface area contributed by atoms with E-state index in [-0.39, 0.29) is 55.5 Å². The number of hydrogen-bond donors (Lipinski definition) is 2. The van der Waals surface area contributed by atoms with Gasteiger partial charge in [0.05, 0.1) is 13.2 Å². The molecule has 230 valence electrons. The number of ether oxygens (including phenoxy) is 6. The van der Waals surface area contributed by atoms with Gasteiger partial charge >= 0.3 is 24.4 Å². The van der Waals surface area contributed by atoms with Gasteiger partial charge in [0, 0.05) is 12.8 Å². The van der Waals surface area contributed by atoms with Crippen molar-refractivity contribution in [2.24, 2.45) is 17.6 Å². The first-order chi connectivity index (χ1) is 19.3. The number of benzene rings is 1. The molecule has 0 saturated heterocycles. The van der Waals surface area contributed by atoms with Gasteiger partial charge in [-0.1, -0.05) is 40.2 Å². The van der Waals surface area contributed by atoms with Crippen molar-refractivity contribution in [3.05, 3.63) is 23.8 Å². The van der Waals surface area contributed by atoms with E-state index in [0.29, 0.717) is 5.56 Å². The molecule has 0 heterocycles. The number of nitrogens with two attached hydrogens (primary N) is 1. The van der Waals surface area contributed by atoms with Crippen LogP contribution < -0.4 is 15.2 Å². The van der Waals surface area contributed by atoms with Gasteiger partial charge in [-0.2, -0.15) is 0 Å². The highest BCUT2D eigenvalue weighted by Crippen LogP contribution is 2.32. The minimum absolute atomic E-state index is 0.0493. The highest BCUT2D eigenvalue weighted by atomic mass is 16.7. The highest BCUT2D eigenvalue weighted by molar-refractivity contribution is 5.79. The predicted molar refractivity (Wildman–Crippen MR) is 147 cm³/mol. The molecule has 1 aromatic carbocycles. The summed E-state index contributed by atoms with van der Waals surface area (Å²) in [7, 11) is 0. The van der Waals surface area contributed by atoms with Gasteiger partial charge in [0.2, 0.25) is 0 Å². The zero-order chi connectivity index (χ0) is 30.6.